The van der Waals surface area contributed by atoms with Crippen molar-refractivity contribution in [3.8, 4) is 0 Å². The smallest absolute Gasteiger partial charge is 0.356 e. The third-order valence-corrected chi connectivity index (χ3v) is 3.26. The lowest BCUT2D eigenvalue weighted by Crippen LogP contribution is -2.02. The molecule has 0 spiro atoms. The van der Waals surface area contributed by atoms with Crippen molar-refractivity contribution in [2.45, 2.75) is 26.2 Å². The molecule has 2 aromatic rings. The fourth-order valence-corrected chi connectivity index (χ4v) is 2.17. The van der Waals surface area contributed by atoms with Crippen LogP contribution in [0.2, 0.25) is 0 Å². The summed E-state index contributed by atoms with van der Waals surface area (Å²) in [4.78, 5) is 30.9. The molecule has 0 bridgehead atoms. The molecule has 23 heavy (non-hydrogen) atoms. The first-order valence-electron chi connectivity index (χ1n) is 6.36. The second-order valence-electron chi connectivity index (χ2n) is 4.11. The van der Waals surface area contributed by atoms with Crippen molar-refractivity contribution in [2.24, 2.45) is 0 Å². The average molecular weight is 345 g/mol. The van der Waals surface area contributed by atoms with Crippen LogP contribution in [0, 0.1) is 0 Å². The topological polar surface area (TPSA) is 113 Å². The van der Waals surface area contributed by atoms with Crippen molar-refractivity contribution in [3.63, 3.8) is 0 Å². The number of carboxylic acids is 2. The molecule has 0 aliphatic rings. The summed E-state index contributed by atoms with van der Waals surface area (Å²) in [6.45, 7) is 2.04. The van der Waals surface area contributed by atoms with Gasteiger partial charge in [0, 0.05) is 5.38 Å². The molecule has 2 aromatic heterocycles. The van der Waals surface area contributed by atoms with Crippen molar-refractivity contribution >= 4 is 23.3 Å². The summed E-state index contributed by atoms with van der Waals surface area (Å²) < 4.78 is 23.7. The van der Waals surface area contributed by atoms with Crippen molar-refractivity contribution in [1.82, 2.24) is 15.0 Å². The van der Waals surface area contributed by atoms with E-state index in [4.69, 9.17) is 10.2 Å². The van der Waals surface area contributed by atoms with Gasteiger partial charge in [-0.05, 0) is 12.8 Å². The first-order chi connectivity index (χ1) is 10.8. The molecule has 0 atom stereocenters. The third-order valence-electron chi connectivity index (χ3n) is 2.35. The minimum absolute atomic E-state index is 0.165. The van der Waals surface area contributed by atoms with Crippen LogP contribution >= 0.6 is 11.3 Å². The Bertz CT molecular complexity index is 661. The predicted molar refractivity (Wildman–Crippen MR) is 77.0 cm³/mol. The lowest BCUT2D eigenvalue weighted by atomic mass is 10.3. The second-order valence-corrected chi connectivity index (χ2v) is 5.06. The predicted octanol–water partition coefficient (Wildman–Crippen LogP) is 2.91. The molecule has 10 heteroatoms. The number of alkyl halides is 2. The molecule has 0 saturated carbocycles. The molecule has 0 saturated heterocycles. The Kier molecular flexibility index (Phi) is 7.13. The zero-order valence-electron chi connectivity index (χ0n) is 11.9. The van der Waals surface area contributed by atoms with Crippen LogP contribution in [0.1, 0.15) is 51.4 Å². The number of carboxylic acid groups (broad SMARTS) is 2. The van der Waals surface area contributed by atoms with Crippen molar-refractivity contribution in [1.29, 1.82) is 0 Å². The molecule has 7 nitrogen and oxygen atoms in total. The van der Waals surface area contributed by atoms with Gasteiger partial charge in [0.05, 0.1) is 17.4 Å². The van der Waals surface area contributed by atoms with Crippen LogP contribution in [0.5, 0.6) is 0 Å². The fourth-order valence-electron chi connectivity index (χ4n) is 1.30. The largest absolute Gasteiger partial charge is 0.476 e. The summed E-state index contributed by atoms with van der Waals surface area (Å²) in [5, 5.41) is 19.3. The van der Waals surface area contributed by atoms with E-state index in [0.717, 1.165) is 30.2 Å². The van der Waals surface area contributed by atoms with Crippen molar-refractivity contribution < 1.29 is 28.6 Å². The molecule has 124 valence electrons. The minimum atomic E-state index is -2.72. The SMILES string of the molecule is CCCc1nc(C(=O)O)cs1.O=C(O)c1cnc(C(F)F)cn1. The van der Waals surface area contributed by atoms with E-state index >= 15 is 0 Å². The van der Waals surface area contributed by atoms with Crippen LogP contribution in [0.15, 0.2) is 17.8 Å². The number of nitrogens with zero attached hydrogens (tertiary/aromatic N) is 3. The fraction of sp³-hybridized carbons (Fsp3) is 0.308. The monoisotopic (exact) mass is 345 g/mol. The molecule has 0 aromatic carbocycles. The maximum absolute atomic E-state index is 11.8. The number of hydrogen-bond donors (Lipinski definition) is 2. The summed E-state index contributed by atoms with van der Waals surface area (Å²) in [6.07, 6.45) is 0.697. The number of thiazole rings is 1. The van der Waals surface area contributed by atoms with Gasteiger partial charge < -0.3 is 10.2 Å². The highest BCUT2D eigenvalue weighted by molar-refractivity contribution is 7.09. The van der Waals surface area contributed by atoms with Crippen LogP contribution in [0.25, 0.3) is 0 Å². The number of halogens is 2. The normalized spacial score (nSPS) is 10.1. The molecule has 0 amide bonds. The van der Waals surface area contributed by atoms with E-state index in [2.05, 4.69) is 15.0 Å². The number of rotatable bonds is 5. The van der Waals surface area contributed by atoms with Crippen LogP contribution in [-0.2, 0) is 6.42 Å². The van der Waals surface area contributed by atoms with E-state index < -0.39 is 24.1 Å². The van der Waals surface area contributed by atoms with E-state index in [1.165, 1.54) is 11.3 Å². The van der Waals surface area contributed by atoms with E-state index in [-0.39, 0.29) is 11.4 Å². The Balaban J connectivity index is 0.000000231. The quantitative estimate of drug-likeness (QED) is 0.856. The van der Waals surface area contributed by atoms with E-state index in [1.807, 2.05) is 6.92 Å². The van der Waals surface area contributed by atoms with Gasteiger partial charge in [0.15, 0.2) is 11.4 Å². The Hall–Kier alpha value is -2.49. The van der Waals surface area contributed by atoms with Crippen molar-refractivity contribution in [3.05, 3.63) is 39.9 Å². The van der Waals surface area contributed by atoms with E-state index in [0.29, 0.717) is 0 Å². The van der Waals surface area contributed by atoms with Gasteiger partial charge in [-0.3, -0.25) is 4.98 Å². The maximum Gasteiger partial charge on any atom is 0.356 e. The van der Waals surface area contributed by atoms with Gasteiger partial charge in [0.2, 0.25) is 0 Å². The van der Waals surface area contributed by atoms with Crippen LogP contribution < -0.4 is 0 Å². The average Bonchev–Trinajstić information content (AvgIpc) is 2.97. The molecule has 0 aliphatic heterocycles. The molecule has 2 heterocycles. The summed E-state index contributed by atoms with van der Waals surface area (Å²) in [6, 6.07) is 0. The first-order valence-corrected chi connectivity index (χ1v) is 7.24. The zero-order chi connectivity index (χ0) is 17.4. The molecule has 2 N–H and O–H groups in total. The maximum atomic E-state index is 11.8. The highest BCUT2D eigenvalue weighted by atomic mass is 32.1. The van der Waals surface area contributed by atoms with Gasteiger partial charge in [-0.2, -0.15) is 0 Å². The highest BCUT2D eigenvalue weighted by Crippen LogP contribution is 2.14. The standard InChI is InChI=1S/C7H9NO2S.C6H4F2N2O2/c1-2-3-6-8-5(4-11-6)7(9)10;7-5(8)3-1-10-4(2-9-3)6(11)12/h4H,2-3H2,1H3,(H,9,10);1-2,5H,(H,11,12). The van der Waals surface area contributed by atoms with Gasteiger partial charge >= 0.3 is 11.9 Å². The number of hydrogen-bond acceptors (Lipinski definition) is 6. The van der Waals surface area contributed by atoms with Gasteiger partial charge in [0.1, 0.15) is 5.69 Å². The highest BCUT2D eigenvalue weighted by Gasteiger charge is 2.11. The Morgan fingerprint density at radius 3 is 2.22 bits per heavy atom. The minimum Gasteiger partial charge on any atom is -0.476 e. The van der Waals surface area contributed by atoms with Crippen molar-refractivity contribution in [2.75, 3.05) is 0 Å². The molecule has 0 fully saturated rings. The van der Waals surface area contributed by atoms with Gasteiger partial charge in [-0.25, -0.2) is 28.3 Å². The summed E-state index contributed by atoms with van der Waals surface area (Å²) in [5.41, 5.74) is -0.710. The first kappa shape index (κ1) is 18.6. The van der Waals surface area contributed by atoms with Crippen LogP contribution in [-0.4, -0.2) is 37.1 Å². The molecule has 2 rings (SSSR count). The van der Waals surface area contributed by atoms with Gasteiger partial charge in [-0.1, -0.05) is 6.92 Å². The summed E-state index contributed by atoms with van der Waals surface area (Å²) in [7, 11) is 0. The van der Waals surface area contributed by atoms with Crippen LogP contribution in [0.3, 0.4) is 0 Å². The Morgan fingerprint density at radius 1 is 1.17 bits per heavy atom. The summed E-state index contributed by atoms with van der Waals surface area (Å²) in [5.74, 6) is -2.23. The molecule has 0 radical (unpaired) electrons. The Morgan fingerprint density at radius 2 is 1.83 bits per heavy atom. The number of aromatic nitrogens is 3. The number of aromatic carboxylic acids is 2. The third kappa shape index (κ3) is 6.02. The summed E-state index contributed by atoms with van der Waals surface area (Å²) >= 11 is 1.41. The van der Waals surface area contributed by atoms with E-state index in [9.17, 15) is 18.4 Å². The number of aryl methyl sites for hydroxylation is 1. The lowest BCUT2D eigenvalue weighted by Gasteiger charge is -1.96. The molecule has 0 unspecified atom stereocenters. The molecular formula is C13H13F2N3O4S. The Labute approximate surface area is 133 Å². The van der Waals surface area contributed by atoms with Gasteiger partial charge in [0.25, 0.3) is 6.43 Å². The molecule has 0 aliphatic carbocycles. The molecular weight excluding hydrogens is 332 g/mol. The second kappa shape index (κ2) is 8.83. The lowest BCUT2D eigenvalue weighted by molar-refractivity contribution is 0.0679. The van der Waals surface area contributed by atoms with Crippen LogP contribution in [0.4, 0.5) is 8.78 Å². The zero-order valence-corrected chi connectivity index (χ0v) is 12.8. The number of carbonyl (C=O) groups is 2. The van der Waals surface area contributed by atoms with E-state index in [1.54, 1.807) is 5.38 Å². The van der Waals surface area contributed by atoms with Gasteiger partial charge in [-0.15, -0.1) is 11.3 Å².